The summed E-state index contributed by atoms with van der Waals surface area (Å²) in [6.07, 6.45) is 4.77. The van der Waals surface area contributed by atoms with E-state index < -0.39 is 0 Å². The Hall–Kier alpha value is -1.81. The first-order valence-electron chi connectivity index (χ1n) is 8.75. The molecule has 0 spiro atoms. The molecule has 4 heteroatoms. The number of aromatic amines is 1. The van der Waals surface area contributed by atoms with Gasteiger partial charge in [0.15, 0.2) is 0 Å². The van der Waals surface area contributed by atoms with Gasteiger partial charge in [-0.05, 0) is 56.5 Å². The summed E-state index contributed by atoms with van der Waals surface area (Å²) < 4.78 is 5.42. The number of esters is 1. The standard InChI is InChI=1S/C19H26N2O2/c1-3-21(4-2)11-12-23-19(22)14-9-10-16-15-7-5-6-8-17(15)20-18(16)13-14/h9-10,13,20H,3-8,11-12H2,1-2H3. The van der Waals surface area contributed by atoms with Gasteiger partial charge in [-0.2, -0.15) is 0 Å². The lowest BCUT2D eigenvalue weighted by Gasteiger charge is -2.17. The number of rotatable bonds is 6. The molecule has 4 nitrogen and oxygen atoms in total. The van der Waals surface area contributed by atoms with E-state index in [9.17, 15) is 4.79 Å². The van der Waals surface area contributed by atoms with Crippen LogP contribution in [0.4, 0.5) is 0 Å². The van der Waals surface area contributed by atoms with Crippen LogP contribution >= 0.6 is 0 Å². The van der Waals surface area contributed by atoms with E-state index in [1.807, 2.05) is 12.1 Å². The maximum absolute atomic E-state index is 12.2. The van der Waals surface area contributed by atoms with E-state index in [2.05, 4.69) is 29.8 Å². The molecule has 3 rings (SSSR count). The molecule has 0 radical (unpaired) electrons. The Morgan fingerprint density at radius 2 is 2.00 bits per heavy atom. The largest absolute Gasteiger partial charge is 0.461 e. The molecule has 0 atom stereocenters. The summed E-state index contributed by atoms with van der Waals surface area (Å²) in [6.45, 7) is 7.43. The van der Waals surface area contributed by atoms with Gasteiger partial charge in [-0.3, -0.25) is 0 Å². The minimum absolute atomic E-state index is 0.230. The summed E-state index contributed by atoms with van der Waals surface area (Å²) in [4.78, 5) is 18.0. The smallest absolute Gasteiger partial charge is 0.338 e. The number of carbonyl (C=O) groups is 1. The van der Waals surface area contributed by atoms with Gasteiger partial charge in [0.1, 0.15) is 6.61 Å². The maximum atomic E-state index is 12.2. The van der Waals surface area contributed by atoms with Gasteiger partial charge in [-0.25, -0.2) is 4.79 Å². The van der Waals surface area contributed by atoms with E-state index in [-0.39, 0.29) is 5.97 Å². The summed E-state index contributed by atoms with van der Waals surface area (Å²) in [7, 11) is 0. The first-order chi connectivity index (χ1) is 11.2. The highest BCUT2D eigenvalue weighted by Gasteiger charge is 2.17. The van der Waals surface area contributed by atoms with Gasteiger partial charge in [0.05, 0.1) is 5.56 Å². The lowest BCUT2D eigenvalue weighted by Crippen LogP contribution is -2.27. The second kappa shape index (κ2) is 7.18. The lowest BCUT2D eigenvalue weighted by molar-refractivity contribution is 0.0466. The van der Waals surface area contributed by atoms with E-state index in [1.54, 1.807) is 0 Å². The fourth-order valence-corrected chi connectivity index (χ4v) is 3.43. The van der Waals surface area contributed by atoms with Crippen LogP contribution in [0.25, 0.3) is 10.9 Å². The number of likely N-dealkylation sites (N-methyl/N-ethyl adjacent to an activating group) is 1. The maximum Gasteiger partial charge on any atom is 0.338 e. The van der Waals surface area contributed by atoms with Crippen LogP contribution in [0.15, 0.2) is 18.2 Å². The number of hydrogen-bond acceptors (Lipinski definition) is 3. The van der Waals surface area contributed by atoms with Gasteiger partial charge >= 0.3 is 5.97 Å². The van der Waals surface area contributed by atoms with Gasteiger partial charge in [0, 0.05) is 23.1 Å². The highest BCUT2D eigenvalue weighted by molar-refractivity contribution is 5.95. The van der Waals surface area contributed by atoms with Crippen LogP contribution in [0.3, 0.4) is 0 Å². The number of benzene rings is 1. The zero-order valence-electron chi connectivity index (χ0n) is 14.2. The Morgan fingerprint density at radius 3 is 2.78 bits per heavy atom. The number of carbonyl (C=O) groups excluding carboxylic acids is 1. The van der Waals surface area contributed by atoms with Crippen molar-refractivity contribution >= 4 is 16.9 Å². The second-order valence-corrected chi connectivity index (χ2v) is 6.21. The quantitative estimate of drug-likeness (QED) is 0.829. The Labute approximate surface area is 137 Å². The van der Waals surface area contributed by atoms with E-state index in [1.165, 1.54) is 29.5 Å². The lowest BCUT2D eigenvalue weighted by atomic mass is 9.95. The number of ether oxygens (including phenoxy) is 1. The molecule has 0 bridgehead atoms. The zero-order chi connectivity index (χ0) is 16.2. The van der Waals surface area contributed by atoms with Gasteiger partial charge in [0.2, 0.25) is 0 Å². The molecule has 1 aliphatic carbocycles. The summed E-state index contributed by atoms with van der Waals surface area (Å²) in [5.74, 6) is -0.230. The molecule has 2 aromatic rings. The Kier molecular flexibility index (Phi) is 5.01. The van der Waals surface area contributed by atoms with Crippen molar-refractivity contribution in [3.05, 3.63) is 35.0 Å². The van der Waals surface area contributed by atoms with Gasteiger partial charge in [-0.15, -0.1) is 0 Å². The number of aromatic nitrogens is 1. The molecule has 0 saturated carbocycles. The number of aryl methyl sites for hydroxylation is 2. The third-order valence-electron chi connectivity index (χ3n) is 4.87. The molecular weight excluding hydrogens is 288 g/mol. The van der Waals surface area contributed by atoms with Crippen molar-refractivity contribution in [1.82, 2.24) is 9.88 Å². The fourth-order valence-electron chi connectivity index (χ4n) is 3.43. The second-order valence-electron chi connectivity index (χ2n) is 6.21. The third kappa shape index (κ3) is 3.42. The summed E-state index contributed by atoms with van der Waals surface area (Å²) >= 11 is 0. The van der Waals surface area contributed by atoms with Crippen molar-refractivity contribution in [3.63, 3.8) is 0 Å². The van der Waals surface area contributed by atoms with E-state index in [4.69, 9.17) is 4.74 Å². The summed E-state index contributed by atoms with van der Waals surface area (Å²) in [5.41, 5.74) is 4.48. The minimum Gasteiger partial charge on any atom is -0.461 e. The van der Waals surface area contributed by atoms with Crippen molar-refractivity contribution < 1.29 is 9.53 Å². The van der Waals surface area contributed by atoms with Crippen molar-refractivity contribution in [3.8, 4) is 0 Å². The predicted molar refractivity (Wildman–Crippen MR) is 93.0 cm³/mol. The SMILES string of the molecule is CCN(CC)CCOC(=O)c1ccc2c3c([nH]c2c1)CCCC3. The predicted octanol–water partition coefficient (Wildman–Crippen LogP) is 3.55. The highest BCUT2D eigenvalue weighted by atomic mass is 16.5. The third-order valence-corrected chi connectivity index (χ3v) is 4.87. The molecular formula is C19H26N2O2. The average molecular weight is 314 g/mol. The molecule has 1 aliphatic rings. The number of hydrogen-bond donors (Lipinski definition) is 1. The molecule has 1 heterocycles. The Morgan fingerprint density at radius 1 is 1.22 bits per heavy atom. The number of fused-ring (bicyclic) bond motifs is 3. The first-order valence-corrected chi connectivity index (χ1v) is 8.75. The fraction of sp³-hybridized carbons (Fsp3) is 0.526. The molecule has 0 fully saturated rings. The van der Waals surface area contributed by atoms with Crippen LogP contribution in [-0.2, 0) is 17.6 Å². The summed E-state index contributed by atoms with van der Waals surface area (Å²) in [5, 5.41) is 1.26. The molecule has 1 aromatic heterocycles. The minimum atomic E-state index is -0.230. The van der Waals surface area contributed by atoms with Crippen LogP contribution in [0.5, 0.6) is 0 Å². The number of nitrogens with zero attached hydrogens (tertiary/aromatic N) is 1. The molecule has 1 N–H and O–H groups in total. The molecule has 124 valence electrons. The molecule has 0 unspecified atom stereocenters. The van der Waals surface area contributed by atoms with Crippen molar-refractivity contribution in [1.29, 1.82) is 0 Å². The Bertz CT molecular complexity index is 686. The average Bonchev–Trinajstić information content (AvgIpc) is 2.96. The van der Waals surface area contributed by atoms with Gasteiger partial charge in [0.25, 0.3) is 0 Å². The molecule has 0 saturated heterocycles. The van der Waals surface area contributed by atoms with Crippen LogP contribution in [0, 0.1) is 0 Å². The zero-order valence-corrected chi connectivity index (χ0v) is 14.2. The number of nitrogens with one attached hydrogen (secondary N) is 1. The van der Waals surface area contributed by atoms with Crippen LogP contribution in [-0.4, -0.2) is 42.1 Å². The normalized spacial score (nSPS) is 14.2. The van der Waals surface area contributed by atoms with Gasteiger partial charge < -0.3 is 14.6 Å². The Balaban J connectivity index is 1.69. The van der Waals surface area contributed by atoms with E-state index in [0.29, 0.717) is 12.2 Å². The monoisotopic (exact) mass is 314 g/mol. The van der Waals surface area contributed by atoms with Crippen LogP contribution < -0.4 is 0 Å². The van der Waals surface area contributed by atoms with Crippen LogP contribution in [0.1, 0.15) is 48.3 Å². The first kappa shape index (κ1) is 16.1. The van der Waals surface area contributed by atoms with Crippen LogP contribution in [0.2, 0.25) is 0 Å². The van der Waals surface area contributed by atoms with Gasteiger partial charge in [-0.1, -0.05) is 19.9 Å². The van der Waals surface area contributed by atoms with E-state index in [0.717, 1.165) is 38.0 Å². The summed E-state index contributed by atoms with van der Waals surface area (Å²) in [6, 6.07) is 5.90. The van der Waals surface area contributed by atoms with Crippen molar-refractivity contribution in [2.45, 2.75) is 39.5 Å². The van der Waals surface area contributed by atoms with Crippen molar-refractivity contribution in [2.24, 2.45) is 0 Å². The molecule has 23 heavy (non-hydrogen) atoms. The molecule has 0 aliphatic heterocycles. The van der Waals surface area contributed by atoms with E-state index >= 15 is 0 Å². The molecule has 0 amide bonds. The number of H-pyrrole nitrogens is 1. The highest BCUT2D eigenvalue weighted by Crippen LogP contribution is 2.29. The van der Waals surface area contributed by atoms with Crippen molar-refractivity contribution in [2.75, 3.05) is 26.2 Å². The molecule has 1 aromatic carbocycles. The topological polar surface area (TPSA) is 45.3 Å².